The van der Waals surface area contributed by atoms with Crippen molar-refractivity contribution < 1.29 is 17.9 Å². The molecular formula is C25H39Cl2N5O4S. The first-order chi connectivity index (χ1) is 17.3. The average molecular weight is 577 g/mol. The molecule has 0 spiro atoms. The Morgan fingerprint density at radius 3 is 2.00 bits per heavy atom. The number of carbonyl (C=O) groups excluding carboxylic acids is 1. The zero-order chi connectivity index (χ0) is 27.8. The highest BCUT2D eigenvalue weighted by Crippen LogP contribution is 2.27. The molecule has 37 heavy (non-hydrogen) atoms. The molecule has 2 fully saturated rings. The van der Waals surface area contributed by atoms with Crippen LogP contribution in [0.5, 0.6) is 0 Å². The molecule has 4 rings (SSSR count). The second kappa shape index (κ2) is 14.4. The van der Waals surface area contributed by atoms with Crippen molar-refractivity contribution in [2.24, 2.45) is 5.92 Å². The largest absolute Gasteiger partial charge is 0.462 e. The van der Waals surface area contributed by atoms with Crippen LogP contribution in [-0.2, 0) is 19.6 Å². The maximum atomic E-state index is 11.1. The van der Waals surface area contributed by atoms with E-state index in [1.54, 1.807) is 23.0 Å². The first-order valence-electron chi connectivity index (χ1n) is 12.8. The van der Waals surface area contributed by atoms with Gasteiger partial charge in [-0.3, -0.25) is 4.79 Å². The topological polar surface area (TPSA) is 116 Å². The third-order valence-corrected chi connectivity index (χ3v) is 8.02. The number of sulfonamides is 1. The number of rotatable bonds is 7. The van der Waals surface area contributed by atoms with Gasteiger partial charge in [0.25, 0.3) is 0 Å². The number of nitrogens with zero attached hydrogens (tertiary/aromatic N) is 4. The first kappa shape index (κ1) is 31.5. The minimum Gasteiger partial charge on any atom is -0.462 e. The number of benzene rings is 1. The summed E-state index contributed by atoms with van der Waals surface area (Å²) in [4.78, 5) is 12.6. The predicted molar refractivity (Wildman–Crippen MR) is 147 cm³/mol. The van der Waals surface area contributed by atoms with Crippen molar-refractivity contribution in [2.45, 2.75) is 104 Å². The van der Waals surface area contributed by atoms with E-state index in [-0.39, 0.29) is 35.3 Å². The van der Waals surface area contributed by atoms with Crippen molar-refractivity contribution in [2.75, 3.05) is 0 Å². The molecule has 2 aromatic rings. The molecule has 1 heterocycles. The van der Waals surface area contributed by atoms with Gasteiger partial charge in [-0.1, -0.05) is 37.0 Å². The van der Waals surface area contributed by atoms with Crippen molar-refractivity contribution in [3.05, 3.63) is 28.2 Å². The summed E-state index contributed by atoms with van der Waals surface area (Å²) in [5.41, 5.74) is 0.768. The van der Waals surface area contributed by atoms with Crippen LogP contribution in [0.25, 0.3) is 11.4 Å². The number of aromatic nitrogens is 4. The van der Waals surface area contributed by atoms with Gasteiger partial charge in [-0.25, -0.2) is 13.1 Å². The zero-order valence-electron chi connectivity index (χ0n) is 22.4. The van der Waals surface area contributed by atoms with Gasteiger partial charge in [0, 0.05) is 21.7 Å². The molecule has 1 N–H and O–H groups in total. The first-order valence-corrected chi connectivity index (χ1v) is 15.1. The van der Waals surface area contributed by atoms with E-state index in [9.17, 15) is 13.2 Å². The SMILES string of the molecule is CC(C)C(=O)OC1CCCC1.CC(C)NS(=O)(=O)C1CC1.CC(C)n1nnc(-c2cc(Cl)cc(Cl)c2)n1. The highest BCUT2D eigenvalue weighted by Gasteiger charge is 2.35. The smallest absolute Gasteiger partial charge is 0.308 e. The highest BCUT2D eigenvalue weighted by atomic mass is 35.5. The lowest BCUT2D eigenvalue weighted by molar-refractivity contribution is -0.152. The summed E-state index contributed by atoms with van der Waals surface area (Å²) in [5, 5.41) is 13.2. The average Bonchev–Trinajstić information content (AvgIpc) is 3.32. The van der Waals surface area contributed by atoms with Crippen molar-refractivity contribution >= 4 is 39.2 Å². The summed E-state index contributed by atoms with van der Waals surface area (Å²) < 4.78 is 30.0. The maximum Gasteiger partial charge on any atom is 0.308 e. The lowest BCUT2D eigenvalue weighted by Crippen LogP contribution is -2.32. The van der Waals surface area contributed by atoms with E-state index in [1.165, 1.54) is 12.8 Å². The van der Waals surface area contributed by atoms with Gasteiger partial charge in [-0.2, -0.15) is 4.80 Å². The molecule has 0 saturated heterocycles. The molecule has 1 aromatic heterocycles. The molecular weight excluding hydrogens is 537 g/mol. The molecule has 208 valence electrons. The summed E-state index contributed by atoms with van der Waals surface area (Å²) in [7, 11) is -2.94. The minimum absolute atomic E-state index is 0.0237. The van der Waals surface area contributed by atoms with Crippen LogP contribution in [0.1, 0.15) is 86.1 Å². The van der Waals surface area contributed by atoms with Gasteiger partial charge in [0.05, 0.1) is 17.2 Å². The summed E-state index contributed by atoms with van der Waals surface area (Å²) in [5.74, 6) is 0.505. The summed E-state index contributed by atoms with van der Waals surface area (Å²) >= 11 is 11.8. The third-order valence-electron chi connectivity index (χ3n) is 5.43. The molecule has 9 nitrogen and oxygen atoms in total. The van der Waals surface area contributed by atoms with E-state index in [0.29, 0.717) is 15.9 Å². The lowest BCUT2D eigenvalue weighted by Gasteiger charge is -2.12. The molecule has 0 unspecified atom stereocenters. The van der Waals surface area contributed by atoms with E-state index in [1.807, 2.05) is 41.5 Å². The zero-order valence-corrected chi connectivity index (χ0v) is 24.8. The Kier molecular flexibility index (Phi) is 12.3. The van der Waals surface area contributed by atoms with Gasteiger partial charge in [0.2, 0.25) is 15.8 Å². The predicted octanol–water partition coefficient (Wildman–Crippen LogP) is 5.83. The van der Waals surface area contributed by atoms with Crippen LogP contribution in [-0.4, -0.2) is 52.0 Å². The van der Waals surface area contributed by atoms with E-state index >= 15 is 0 Å². The summed E-state index contributed by atoms with van der Waals surface area (Å²) in [6.07, 6.45) is 6.47. The normalized spacial score (nSPS) is 15.9. The number of nitrogens with one attached hydrogen (secondary N) is 1. The van der Waals surface area contributed by atoms with Crippen LogP contribution in [0.15, 0.2) is 18.2 Å². The summed E-state index contributed by atoms with van der Waals surface area (Å²) in [6.45, 7) is 11.4. The van der Waals surface area contributed by atoms with Crippen molar-refractivity contribution in [1.29, 1.82) is 0 Å². The quantitative estimate of drug-likeness (QED) is 0.412. The van der Waals surface area contributed by atoms with Gasteiger partial charge in [0.15, 0.2) is 0 Å². The molecule has 2 aliphatic carbocycles. The minimum atomic E-state index is -2.94. The number of esters is 1. The van der Waals surface area contributed by atoms with Crippen LogP contribution in [0.3, 0.4) is 0 Å². The number of halogens is 2. The fourth-order valence-electron chi connectivity index (χ4n) is 3.35. The van der Waals surface area contributed by atoms with E-state index in [0.717, 1.165) is 31.2 Å². The van der Waals surface area contributed by atoms with Gasteiger partial charge in [-0.15, -0.1) is 10.2 Å². The monoisotopic (exact) mass is 575 g/mol. The number of hydrogen-bond acceptors (Lipinski definition) is 7. The number of carbonyl (C=O) groups is 1. The Hall–Kier alpha value is -1.75. The standard InChI is InChI=1S/C10H10Cl2N4.C9H16O2.C6H13NO2S/c1-6(2)16-14-10(13-15-16)7-3-8(11)5-9(12)4-7;1-7(2)9(10)11-8-5-3-4-6-8;1-5(2)7-10(8,9)6-3-4-6/h3-6H,1-2H3;7-8H,3-6H2,1-2H3;5-7H,3-4H2,1-2H3. The molecule has 0 aliphatic heterocycles. The van der Waals surface area contributed by atoms with Gasteiger partial charge >= 0.3 is 5.97 Å². The maximum absolute atomic E-state index is 11.1. The lowest BCUT2D eigenvalue weighted by atomic mass is 10.2. The van der Waals surface area contributed by atoms with Gasteiger partial charge in [-0.05, 0) is 89.6 Å². The van der Waals surface area contributed by atoms with E-state index in [2.05, 4.69) is 20.1 Å². The van der Waals surface area contributed by atoms with Gasteiger partial charge < -0.3 is 4.74 Å². The number of ether oxygens (including phenoxy) is 1. The Balaban J connectivity index is 0.000000203. The highest BCUT2D eigenvalue weighted by molar-refractivity contribution is 7.90. The summed E-state index contributed by atoms with van der Waals surface area (Å²) in [6, 6.07) is 5.39. The van der Waals surface area contributed by atoms with Crippen LogP contribution >= 0.6 is 23.2 Å². The van der Waals surface area contributed by atoms with E-state index in [4.69, 9.17) is 27.9 Å². The second-order valence-electron chi connectivity index (χ2n) is 10.2. The van der Waals surface area contributed by atoms with Crippen LogP contribution < -0.4 is 4.72 Å². The fraction of sp³-hybridized carbons (Fsp3) is 0.680. The van der Waals surface area contributed by atoms with E-state index < -0.39 is 10.0 Å². The van der Waals surface area contributed by atoms with Crippen LogP contribution in [0, 0.1) is 5.92 Å². The number of hydrogen-bond donors (Lipinski definition) is 1. The van der Waals surface area contributed by atoms with Crippen molar-refractivity contribution in [3.8, 4) is 11.4 Å². The second-order valence-corrected chi connectivity index (χ2v) is 13.1. The molecule has 2 aliphatic rings. The molecule has 0 atom stereocenters. The molecule has 12 heteroatoms. The molecule has 1 aromatic carbocycles. The van der Waals surface area contributed by atoms with Crippen molar-refractivity contribution in [1.82, 2.24) is 24.9 Å². The Morgan fingerprint density at radius 1 is 1.00 bits per heavy atom. The Bertz CT molecular complexity index is 1090. The molecule has 0 radical (unpaired) electrons. The third kappa shape index (κ3) is 11.3. The molecule has 2 saturated carbocycles. The molecule has 0 bridgehead atoms. The Labute approximate surface area is 230 Å². The van der Waals surface area contributed by atoms with Crippen LogP contribution in [0.4, 0.5) is 0 Å². The van der Waals surface area contributed by atoms with Crippen LogP contribution in [0.2, 0.25) is 10.0 Å². The fourth-order valence-corrected chi connectivity index (χ4v) is 5.48. The number of tetrazole rings is 1. The Morgan fingerprint density at radius 2 is 1.57 bits per heavy atom. The molecule has 0 amide bonds. The van der Waals surface area contributed by atoms with Gasteiger partial charge in [0.1, 0.15) is 6.10 Å². The van der Waals surface area contributed by atoms with Crippen molar-refractivity contribution in [3.63, 3.8) is 0 Å².